The molecule has 0 bridgehead atoms. The number of hydrogen-bond acceptors (Lipinski definition) is 3. The number of rotatable bonds is 8. The summed E-state index contributed by atoms with van der Waals surface area (Å²) >= 11 is 0. The van der Waals surface area contributed by atoms with E-state index in [9.17, 15) is 18.8 Å². The third-order valence-corrected chi connectivity index (χ3v) is 6.15. The second-order valence-electron chi connectivity index (χ2n) is 8.67. The van der Waals surface area contributed by atoms with Crippen LogP contribution in [-0.4, -0.2) is 23.0 Å². The molecule has 2 aliphatic rings. The van der Waals surface area contributed by atoms with Gasteiger partial charge in [-0.1, -0.05) is 26.0 Å². The van der Waals surface area contributed by atoms with E-state index in [-0.39, 0.29) is 30.0 Å². The number of carbonyl (C=O) groups excluding carboxylic acids is 1. The minimum absolute atomic E-state index is 0.00545. The monoisotopic (exact) mass is 440 g/mol. The van der Waals surface area contributed by atoms with Crippen molar-refractivity contribution in [2.75, 3.05) is 0 Å². The fourth-order valence-electron chi connectivity index (χ4n) is 4.44. The molecule has 1 aromatic carbocycles. The van der Waals surface area contributed by atoms with Gasteiger partial charge in [-0.3, -0.25) is 4.79 Å². The SMILES string of the molecule is C=C(/C=C(C#N)\C=C/CCC)OC1CC(C(=O)N2C(C)CCC2c2cc(F)cc(F)c2)C1. The Labute approximate surface area is 188 Å². The van der Waals surface area contributed by atoms with Crippen molar-refractivity contribution in [3.05, 3.63) is 71.5 Å². The van der Waals surface area contributed by atoms with Crippen LogP contribution in [0.3, 0.4) is 0 Å². The minimum Gasteiger partial charge on any atom is -0.491 e. The highest BCUT2D eigenvalue weighted by Crippen LogP contribution is 2.41. The highest BCUT2D eigenvalue weighted by molar-refractivity contribution is 5.81. The molecular weight excluding hydrogens is 410 g/mol. The second kappa shape index (κ2) is 10.6. The van der Waals surface area contributed by atoms with Crippen molar-refractivity contribution in [3.8, 4) is 6.07 Å². The van der Waals surface area contributed by atoms with E-state index in [0.29, 0.717) is 36.2 Å². The van der Waals surface area contributed by atoms with E-state index in [4.69, 9.17) is 4.74 Å². The molecule has 1 aliphatic carbocycles. The van der Waals surface area contributed by atoms with E-state index < -0.39 is 11.6 Å². The summed E-state index contributed by atoms with van der Waals surface area (Å²) in [7, 11) is 0. The topological polar surface area (TPSA) is 53.3 Å². The Morgan fingerprint density at radius 3 is 2.59 bits per heavy atom. The van der Waals surface area contributed by atoms with Gasteiger partial charge in [0.15, 0.2) is 0 Å². The normalized spacial score (nSPS) is 25.5. The molecule has 1 aromatic rings. The van der Waals surface area contributed by atoms with Gasteiger partial charge in [0.25, 0.3) is 0 Å². The Morgan fingerprint density at radius 2 is 1.97 bits per heavy atom. The van der Waals surface area contributed by atoms with Gasteiger partial charge in [0.1, 0.15) is 23.5 Å². The zero-order chi connectivity index (χ0) is 23.3. The molecule has 1 saturated heterocycles. The van der Waals surface area contributed by atoms with Gasteiger partial charge in [-0.05, 0) is 68.9 Å². The molecule has 1 heterocycles. The lowest BCUT2D eigenvalue weighted by atomic mass is 9.80. The number of nitrogens with zero attached hydrogens (tertiary/aromatic N) is 2. The maximum atomic E-state index is 13.7. The summed E-state index contributed by atoms with van der Waals surface area (Å²) in [6.45, 7) is 7.91. The molecule has 1 aliphatic heterocycles. The minimum atomic E-state index is -0.628. The predicted molar refractivity (Wildman–Crippen MR) is 119 cm³/mol. The van der Waals surface area contributed by atoms with Crippen LogP contribution in [0.4, 0.5) is 8.78 Å². The van der Waals surface area contributed by atoms with Gasteiger partial charge in [0.05, 0.1) is 17.7 Å². The highest BCUT2D eigenvalue weighted by atomic mass is 19.1. The van der Waals surface area contributed by atoms with Crippen LogP contribution in [0.2, 0.25) is 0 Å². The van der Waals surface area contributed by atoms with Crippen LogP contribution in [0.5, 0.6) is 0 Å². The summed E-state index contributed by atoms with van der Waals surface area (Å²) in [6, 6.07) is 5.30. The lowest BCUT2D eigenvalue weighted by Gasteiger charge is -2.39. The second-order valence-corrected chi connectivity index (χ2v) is 8.67. The van der Waals surface area contributed by atoms with Crippen molar-refractivity contribution in [3.63, 3.8) is 0 Å². The molecule has 4 nitrogen and oxygen atoms in total. The van der Waals surface area contributed by atoms with Crippen LogP contribution < -0.4 is 0 Å². The first-order chi connectivity index (χ1) is 15.3. The van der Waals surface area contributed by atoms with Crippen molar-refractivity contribution in [1.29, 1.82) is 5.26 Å². The molecular formula is C26H30F2N2O2. The van der Waals surface area contributed by atoms with Crippen LogP contribution in [0, 0.1) is 28.9 Å². The quantitative estimate of drug-likeness (QED) is 0.277. The van der Waals surface area contributed by atoms with Gasteiger partial charge in [-0.15, -0.1) is 0 Å². The van der Waals surface area contributed by atoms with Gasteiger partial charge >= 0.3 is 0 Å². The van der Waals surface area contributed by atoms with Crippen molar-refractivity contribution in [1.82, 2.24) is 4.90 Å². The summed E-state index contributed by atoms with van der Waals surface area (Å²) in [5, 5.41) is 9.23. The molecule has 1 amide bonds. The average Bonchev–Trinajstić information content (AvgIpc) is 3.10. The number of amides is 1. The Hall–Kier alpha value is -2.94. The zero-order valence-electron chi connectivity index (χ0n) is 18.7. The third kappa shape index (κ3) is 5.64. The zero-order valence-corrected chi connectivity index (χ0v) is 18.7. The molecule has 170 valence electrons. The summed E-state index contributed by atoms with van der Waals surface area (Å²) < 4.78 is 33.3. The third-order valence-electron chi connectivity index (χ3n) is 6.15. The van der Waals surface area contributed by atoms with Crippen LogP contribution >= 0.6 is 0 Å². The highest BCUT2D eigenvalue weighted by Gasteiger charge is 2.44. The smallest absolute Gasteiger partial charge is 0.226 e. The van der Waals surface area contributed by atoms with E-state index in [1.807, 2.05) is 13.0 Å². The molecule has 0 radical (unpaired) electrons. The molecule has 2 fully saturated rings. The molecule has 0 spiro atoms. The maximum absolute atomic E-state index is 13.7. The molecule has 6 heteroatoms. The van der Waals surface area contributed by atoms with Gasteiger partial charge in [-0.2, -0.15) is 5.26 Å². The average molecular weight is 441 g/mol. The van der Waals surface area contributed by atoms with Gasteiger partial charge in [0.2, 0.25) is 5.91 Å². The van der Waals surface area contributed by atoms with Crippen LogP contribution in [-0.2, 0) is 9.53 Å². The fraction of sp³-hybridized carbons (Fsp3) is 0.462. The standard InChI is InChI=1S/C26H30F2N2O2/c1-4-5-6-7-19(16-29)10-18(3)32-24-13-21(14-24)26(31)30-17(2)8-9-25(30)20-11-22(27)15-23(28)12-20/h6-7,10-12,15,17,21,24-25H,3-5,8-9,13-14H2,1-2H3/b7-6-,19-10+. The Morgan fingerprint density at radius 1 is 1.28 bits per heavy atom. The number of ether oxygens (including phenoxy) is 1. The van der Waals surface area contributed by atoms with E-state index in [1.165, 1.54) is 12.1 Å². The first-order valence-corrected chi connectivity index (χ1v) is 11.2. The summed E-state index contributed by atoms with van der Waals surface area (Å²) in [5.41, 5.74) is 0.984. The van der Waals surface area contributed by atoms with Crippen molar-refractivity contribution < 1.29 is 18.3 Å². The molecule has 3 rings (SSSR count). The number of halogens is 2. The number of nitriles is 1. The largest absolute Gasteiger partial charge is 0.491 e. The van der Waals surface area contributed by atoms with Gasteiger partial charge in [0, 0.05) is 18.0 Å². The summed E-state index contributed by atoms with van der Waals surface area (Å²) in [4.78, 5) is 15.0. The fourth-order valence-corrected chi connectivity index (χ4v) is 4.44. The Kier molecular flexibility index (Phi) is 7.84. The van der Waals surface area contributed by atoms with Crippen LogP contribution in [0.1, 0.15) is 64.0 Å². The predicted octanol–water partition coefficient (Wildman–Crippen LogP) is 6.13. The Balaban J connectivity index is 1.58. The Bertz CT molecular complexity index is 937. The molecule has 32 heavy (non-hydrogen) atoms. The van der Waals surface area contributed by atoms with E-state index in [1.54, 1.807) is 17.1 Å². The summed E-state index contributed by atoms with van der Waals surface area (Å²) in [5.74, 6) is -1.03. The van der Waals surface area contributed by atoms with Crippen LogP contribution in [0.25, 0.3) is 0 Å². The maximum Gasteiger partial charge on any atom is 0.226 e. The van der Waals surface area contributed by atoms with Crippen LogP contribution in [0.15, 0.2) is 54.3 Å². The molecule has 2 atom stereocenters. The number of carbonyl (C=O) groups is 1. The molecule has 2 unspecified atom stereocenters. The van der Waals surface area contributed by atoms with Crippen molar-refractivity contribution in [2.24, 2.45) is 5.92 Å². The first-order valence-electron chi connectivity index (χ1n) is 11.2. The summed E-state index contributed by atoms with van der Waals surface area (Å²) in [6.07, 6.45) is 9.70. The number of hydrogen-bond donors (Lipinski definition) is 0. The number of allylic oxidation sites excluding steroid dienone is 4. The lowest BCUT2D eigenvalue weighted by Crippen LogP contribution is -2.46. The molecule has 1 saturated carbocycles. The van der Waals surface area contributed by atoms with Gasteiger partial charge in [-0.25, -0.2) is 8.78 Å². The number of likely N-dealkylation sites (tertiary alicyclic amines) is 1. The van der Waals surface area contributed by atoms with Crippen molar-refractivity contribution >= 4 is 5.91 Å². The lowest BCUT2D eigenvalue weighted by molar-refractivity contribution is -0.145. The molecule has 0 aromatic heterocycles. The number of unbranched alkanes of at least 4 members (excludes halogenated alkanes) is 1. The van der Waals surface area contributed by atoms with Gasteiger partial charge < -0.3 is 9.64 Å². The number of benzene rings is 1. The van der Waals surface area contributed by atoms with Crippen molar-refractivity contribution in [2.45, 2.75) is 70.6 Å². The molecule has 0 N–H and O–H groups in total. The first kappa shape index (κ1) is 23.7. The van der Waals surface area contributed by atoms with E-state index >= 15 is 0 Å². The van der Waals surface area contributed by atoms with E-state index in [0.717, 1.165) is 25.3 Å². The van der Waals surface area contributed by atoms with E-state index in [2.05, 4.69) is 19.6 Å².